The Morgan fingerprint density at radius 1 is 1.50 bits per heavy atom. The molecule has 1 aromatic carbocycles. The summed E-state index contributed by atoms with van der Waals surface area (Å²) >= 11 is 0. The second-order valence-corrected chi connectivity index (χ2v) is 5.71. The molecule has 1 aliphatic carbocycles. The number of aromatic nitrogens is 2. The van der Waals surface area contributed by atoms with E-state index >= 15 is 0 Å². The summed E-state index contributed by atoms with van der Waals surface area (Å²) in [6.45, 7) is 1.76. The Hall–Kier alpha value is -2.37. The number of benzene rings is 1. The molecule has 3 rings (SSSR count). The van der Waals surface area contributed by atoms with Crippen LogP contribution in [0.15, 0.2) is 22.7 Å². The third kappa shape index (κ3) is 3.27. The molecule has 3 N–H and O–H groups in total. The predicted octanol–water partition coefficient (Wildman–Crippen LogP) is 2.09. The van der Waals surface area contributed by atoms with Crippen LogP contribution >= 0.6 is 0 Å². The van der Waals surface area contributed by atoms with Gasteiger partial charge in [0.1, 0.15) is 0 Å². The quantitative estimate of drug-likeness (QED) is 0.843. The van der Waals surface area contributed by atoms with Gasteiger partial charge in [-0.1, -0.05) is 11.2 Å². The molecule has 1 aromatic heterocycles. The van der Waals surface area contributed by atoms with Crippen molar-refractivity contribution in [1.82, 2.24) is 15.5 Å². The third-order valence-electron chi connectivity index (χ3n) is 3.95. The molecular weight excluding hydrogens is 280 g/mol. The first kappa shape index (κ1) is 14.6. The molecule has 0 saturated carbocycles. The number of anilines is 1. The summed E-state index contributed by atoms with van der Waals surface area (Å²) in [5.41, 5.74) is 9.03. The number of hydrogen-bond donors (Lipinski definition) is 2. The average molecular weight is 300 g/mol. The van der Waals surface area contributed by atoms with Crippen LogP contribution in [0.2, 0.25) is 0 Å². The summed E-state index contributed by atoms with van der Waals surface area (Å²) in [5, 5.41) is 6.82. The van der Waals surface area contributed by atoms with Crippen molar-refractivity contribution in [3.8, 4) is 0 Å². The highest BCUT2D eigenvalue weighted by Crippen LogP contribution is 2.31. The van der Waals surface area contributed by atoms with Gasteiger partial charge in [-0.05, 0) is 49.4 Å². The zero-order chi connectivity index (χ0) is 15.5. The number of nitrogens with one attached hydrogen (secondary N) is 1. The molecule has 1 unspecified atom stereocenters. The lowest BCUT2D eigenvalue weighted by atomic mass is 9.87. The molecule has 22 heavy (non-hydrogen) atoms. The maximum Gasteiger partial charge on any atom is 0.227 e. The average Bonchev–Trinajstić information content (AvgIpc) is 2.91. The number of nitrogens with two attached hydrogens (primary N) is 1. The summed E-state index contributed by atoms with van der Waals surface area (Å²) in [4.78, 5) is 16.2. The highest BCUT2D eigenvalue weighted by molar-refractivity contribution is 5.76. The van der Waals surface area contributed by atoms with E-state index < -0.39 is 0 Å². The maximum absolute atomic E-state index is 12.1. The van der Waals surface area contributed by atoms with Gasteiger partial charge in [-0.2, -0.15) is 4.98 Å². The fraction of sp³-hybridized carbons (Fsp3) is 0.438. The molecule has 2 aromatic rings. The molecule has 0 radical (unpaired) electrons. The van der Waals surface area contributed by atoms with Gasteiger partial charge >= 0.3 is 0 Å². The van der Waals surface area contributed by atoms with Crippen LogP contribution < -0.4 is 11.1 Å². The van der Waals surface area contributed by atoms with Crippen molar-refractivity contribution in [3.63, 3.8) is 0 Å². The zero-order valence-electron chi connectivity index (χ0n) is 12.6. The van der Waals surface area contributed by atoms with Gasteiger partial charge in [0.25, 0.3) is 0 Å². The van der Waals surface area contributed by atoms with Gasteiger partial charge in [0, 0.05) is 18.5 Å². The van der Waals surface area contributed by atoms with Crippen molar-refractivity contribution in [2.24, 2.45) is 0 Å². The van der Waals surface area contributed by atoms with Gasteiger partial charge in [0.2, 0.25) is 11.8 Å². The van der Waals surface area contributed by atoms with E-state index in [2.05, 4.69) is 15.5 Å². The molecule has 1 atom stereocenters. The molecule has 1 amide bonds. The molecule has 6 nitrogen and oxygen atoms in total. The minimum Gasteiger partial charge on any atom is -0.399 e. The maximum atomic E-state index is 12.1. The second-order valence-electron chi connectivity index (χ2n) is 5.71. The van der Waals surface area contributed by atoms with Crippen LogP contribution in [0.1, 0.15) is 48.1 Å². The summed E-state index contributed by atoms with van der Waals surface area (Å²) in [6.07, 6.45) is 3.86. The topological polar surface area (TPSA) is 94.0 Å². The van der Waals surface area contributed by atoms with Crippen molar-refractivity contribution < 1.29 is 9.32 Å². The number of hydrogen-bond acceptors (Lipinski definition) is 5. The Labute approximate surface area is 129 Å². The molecule has 1 heterocycles. The van der Waals surface area contributed by atoms with E-state index in [-0.39, 0.29) is 11.9 Å². The monoisotopic (exact) mass is 300 g/mol. The van der Waals surface area contributed by atoms with Crippen molar-refractivity contribution in [3.05, 3.63) is 41.0 Å². The first-order chi connectivity index (χ1) is 10.6. The van der Waals surface area contributed by atoms with E-state index in [9.17, 15) is 4.79 Å². The SMILES string of the molecule is Cc1noc(CCC(=O)NC2CCCc3cc(N)ccc32)n1. The molecule has 0 bridgehead atoms. The van der Waals surface area contributed by atoms with Gasteiger partial charge < -0.3 is 15.6 Å². The first-order valence-electron chi connectivity index (χ1n) is 7.58. The lowest BCUT2D eigenvalue weighted by Crippen LogP contribution is -2.31. The normalized spacial score (nSPS) is 17.0. The van der Waals surface area contributed by atoms with E-state index in [0.29, 0.717) is 24.6 Å². The Morgan fingerprint density at radius 3 is 3.14 bits per heavy atom. The summed E-state index contributed by atoms with van der Waals surface area (Å²) < 4.78 is 5.02. The van der Waals surface area contributed by atoms with Gasteiger partial charge in [0.15, 0.2) is 5.82 Å². The standard InChI is InChI=1S/C16H20N4O2/c1-10-18-16(22-20-10)8-7-15(21)19-14-4-2-3-11-9-12(17)5-6-13(11)14/h5-6,9,14H,2-4,7-8,17H2,1H3,(H,19,21). The lowest BCUT2D eigenvalue weighted by molar-refractivity contribution is -0.122. The zero-order valence-corrected chi connectivity index (χ0v) is 12.6. The number of carbonyl (C=O) groups excluding carboxylic acids is 1. The minimum atomic E-state index is 0.00512. The molecule has 116 valence electrons. The first-order valence-corrected chi connectivity index (χ1v) is 7.58. The number of nitrogen functional groups attached to an aromatic ring is 1. The molecule has 0 fully saturated rings. The summed E-state index contributed by atoms with van der Waals surface area (Å²) in [5.74, 6) is 1.10. The van der Waals surface area contributed by atoms with Crippen LogP contribution in [0.4, 0.5) is 5.69 Å². The van der Waals surface area contributed by atoms with Gasteiger partial charge in [-0.3, -0.25) is 4.79 Å². The molecule has 6 heteroatoms. The Morgan fingerprint density at radius 2 is 2.36 bits per heavy atom. The highest BCUT2D eigenvalue weighted by atomic mass is 16.5. The van der Waals surface area contributed by atoms with Crippen molar-refractivity contribution in [2.75, 3.05) is 5.73 Å². The van der Waals surface area contributed by atoms with Gasteiger partial charge in [0.05, 0.1) is 6.04 Å². The van der Waals surface area contributed by atoms with Crippen LogP contribution in [0.5, 0.6) is 0 Å². The van der Waals surface area contributed by atoms with E-state index in [1.165, 1.54) is 11.1 Å². The Balaban J connectivity index is 1.60. The van der Waals surface area contributed by atoms with Crippen molar-refractivity contribution >= 4 is 11.6 Å². The van der Waals surface area contributed by atoms with E-state index in [1.54, 1.807) is 6.92 Å². The highest BCUT2D eigenvalue weighted by Gasteiger charge is 2.22. The van der Waals surface area contributed by atoms with Gasteiger partial charge in [-0.15, -0.1) is 0 Å². The van der Waals surface area contributed by atoms with Crippen LogP contribution in [0.3, 0.4) is 0 Å². The summed E-state index contributed by atoms with van der Waals surface area (Å²) in [6, 6.07) is 6.00. The van der Waals surface area contributed by atoms with E-state index in [4.69, 9.17) is 10.3 Å². The molecule has 0 aliphatic heterocycles. The summed E-state index contributed by atoms with van der Waals surface area (Å²) in [7, 11) is 0. The minimum absolute atomic E-state index is 0.00512. The molecule has 1 aliphatic rings. The molecule has 0 spiro atoms. The van der Waals surface area contributed by atoms with E-state index in [1.807, 2.05) is 18.2 Å². The number of rotatable bonds is 4. The second kappa shape index (κ2) is 6.17. The van der Waals surface area contributed by atoms with Crippen molar-refractivity contribution in [1.29, 1.82) is 0 Å². The van der Waals surface area contributed by atoms with Crippen LogP contribution in [0.25, 0.3) is 0 Å². The fourth-order valence-electron chi connectivity index (χ4n) is 2.91. The van der Waals surface area contributed by atoms with E-state index in [0.717, 1.165) is 24.9 Å². The Bertz CT molecular complexity index is 681. The predicted molar refractivity (Wildman–Crippen MR) is 82.0 cm³/mol. The Kier molecular flexibility index (Phi) is 4.09. The number of amides is 1. The number of carbonyl (C=O) groups is 1. The van der Waals surface area contributed by atoms with Crippen molar-refractivity contribution in [2.45, 2.75) is 45.1 Å². The van der Waals surface area contributed by atoms with Crippen LogP contribution in [-0.2, 0) is 17.6 Å². The smallest absolute Gasteiger partial charge is 0.227 e. The van der Waals surface area contributed by atoms with Crippen LogP contribution in [-0.4, -0.2) is 16.0 Å². The number of aryl methyl sites for hydroxylation is 3. The number of fused-ring (bicyclic) bond motifs is 1. The van der Waals surface area contributed by atoms with Crippen LogP contribution in [0, 0.1) is 6.92 Å². The lowest BCUT2D eigenvalue weighted by Gasteiger charge is -2.26. The third-order valence-corrected chi connectivity index (χ3v) is 3.95. The largest absolute Gasteiger partial charge is 0.399 e. The van der Waals surface area contributed by atoms with Gasteiger partial charge in [-0.25, -0.2) is 0 Å². The number of nitrogens with zero attached hydrogens (tertiary/aromatic N) is 2. The molecular formula is C16H20N4O2. The molecule has 0 saturated heterocycles. The fourth-order valence-corrected chi connectivity index (χ4v) is 2.91.